The molecule has 6 N–H and O–H groups in total. The number of nitrogens with one attached hydrogen (secondary N) is 2. The van der Waals surface area contributed by atoms with Gasteiger partial charge in [0.25, 0.3) is 5.91 Å². The Morgan fingerprint density at radius 2 is 1.65 bits per heavy atom. The molecule has 0 saturated carbocycles. The van der Waals surface area contributed by atoms with Crippen LogP contribution in [0.25, 0.3) is 0 Å². The van der Waals surface area contributed by atoms with Gasteiger partial charge in [-0.05, 0) is 47.5 Å². The quantitative estimate of drug-likeness (QED) is 0.372. The Labute approximate surface area is 179 Å². The molecule has 0 aliphatic rings. The highest BCUT2D eigenvalue weighted by molar-refractivity contribution is 6.05. The van der Waals surface area contributed by atoms with E-state index in [1.54, 1.807) is 60.7 Å². The second kappa shape index (κ2) is 10.1. The third kappa shape index (κ3) is 5.97. The number of carbonyl (C=O) groups is 2. The van der Waals surface area contributed by atoms with Crippen molar-refractivity contribution in [2.75, 3.05) is 17.7 Å². The van der Waals surface area contributed by atoms with Crippen molar-refractivity contribution in [1.82, 2.24) is 5.32 Å². The van der Waals surface area contributed by atoms with Gasteiger partial charge in [0.2, 0.25) is 0 Å². The van der Waals surface area contributed by atoms with Gasteiger partial charge in [0, 0.05) is 12.1 Å². The van der Waals surface area contributed by atoms with Crippen molar-refractivity contribution in [2.24, 2.45) is 0 Å². The van der Waals surface area contributed by atoms with Crippen LogP contribution in [-0.4, -0.2) is 28.8 Å². The van der Waals surface area contributed by atoms with Crippen LogP contribution >= 0.6 is 0 Å². The number of ether oxygens (including phenoxy) is 1. The average molecular weight is 421 g/mol. The number of aromatic hydroxyl groups is 1. The molecule has 160 valence electrons. The van der Waals surface area contributed by atoms with E-state index in [9.17, 15) is 19.8 Å². The van der Waals surface area contributed by atoms with E-state index < -0.39 is 18.8 Å². The number of rotatable bonds is 7. The lowest BCUT2D eigenvalue weighted by Gasteiger charge is -2.16. The highest BCUT2D eigenvalue weighted by Gasteiger charge is 2.16. The number of aliphatic hydroxyl groups is 1. The molecule has 8 heteroatoms. The van der Waals surface area contributed by atoms with Gasteiger partial charge in [0.15, 0.2) is 6.10 Å². The molecule has 0 unspecified atom stereocenters. The average Bonchev–Trinajstić information content (AvgIpc) is 2.78. The number of hydrogen-bond acceptors (Lipinski definition) is 6. The van der Waals surface area contributed by atoms with E-state index in [4.69, 9.17) is 10.5 Å². The van der Waals surface area contributed by atoms with E-state index in [1.807, 2.05) is 0 Å². The molecule has 3 aromatic rings. The number of carbonyl (C=O) groups excluding carboxylic acids is 2. The van der Waals surface area contributed by atoms with Crippen LogP contribution in [0, 0.1) is 0 Å². The summed E-state index contributed by atoms with van der Waals surface area (Å²) in [6.45, 7) is -0.214. The molecule has 0 aliphatic carbocycles. The van der Waals surface area contributed by atoms with Crippen LogP contribution in [0.4, 0.5) is 16.2 Å². The third-order valence-corrected chi connectivity index (χ3v) is 4.54. The molecule has 0 radical (unpaired) electrons. The molecule has 0 aliphatic heterocycles. The van der Waals surface area contributed by atoms with E-state index in [0.29, 0.717) is 22.5 Å². The number of nitrogen functional groups attached to an aromatic ring is 1. The van der Waals surface area contributed by atoms with Crippen molar-refractivity contribution in [2.45, 2.75) is 12.6 Å². The van der Waals surface area contributed by atoms with Gasteiger partial charge in [0.05, 0.1) is 18.0 Å². The number of para-hydroxylation sites is 2. The minimum Gasteiger partial charge on any atom is -0.508 e. The molecule has 0 heterocycles. The van der Waals surface area contributed by atoms with E-state index in [2.05, 4.69) is 10.6 Å². The Bertz CT molecular complexity index is 1040. The van der Waals surface area contributed by atoms with Crippen molar-refractivity contribution in [1.29, 1.82) is 0 Å². The van der Waals surface area contributed by atoms with Gasteiger partial charge in [-0.25, -0.2) is 4.79 Å². The van der Waals surface area contributed by atoms with Crippen molar-refractivity contribution in [3.8, 4) is 5.75 Å². The molecule has 0 saturated heterocycles. The Kier molecular flexibility index (Phi) is 7.08. The Balaban J connectivity index is 1.52. The van der Waals surface area contributed by atoms with Crippen LogP contribution in [0.3, 0.4) is 0 Å². The highest BCUT2D eigenvalue weighted by Crippen LogP contribution is 2.20. The lowest BCUT2D eigenvalue weighted by atomic mass is 10.1. The largest absolute Gasteiger partial charge is 0.508 e. The minimum atomic E-state index is -0.850. The monoisotopic (exact) mass is 421 g/mol. The standard InChI is InChI=1S/C23H23N3O5/c24-19-3-1-2-4-20(19)26-22(29)17-7-5-15(6-8-17)13-25-23(30)31-21(14-27)16-9-11-18(28)12-10-16/h1-12,21,27-28H,13-14,24H2,(H,25,30)(H,26,29)/t21-/m1/s1. The molecule has 2 amide bonds. The molecular formula is C23H23N3O5. The maximum Gasteiger partial charge on any atom is 0.408 e. The Morgan fingerprint density at radius 3 is 2.29 bits per heavy atom. The first kappa shape index (κ1) is 21.7. The molecule has 0 aromatic heterocycles. The van der Waals surface area contributed by atoms with Gasteiger partial charge in [-0.3, -0.25) is 4.79 Å². The molecule has 3 aromatic carbocycles. The molecule has 1 atom stereocenters. The normalized spacial score (nSPS) is 11.4. The van der Waals surface area contributed by atoms with Crippen molar-refractivity contribution >= 4 is 23.4 Å². The fourth-order valence-electron chi connectivity index (χ4n) is 2.82. The van der Waals surface area contributed by atoms with Crippen molar-refractivity contribution in [3.05, 3.63) is 89.5 Å². The van der Waals surface area contributed by atoms with Crippen molar-refractivity contribution < 1.29 is 24.5 Å². The summed E-state index contributed by atoms with van der Waals surface area (Å²) in [6.07, 6.45) is -1.55. The zero-order valence-electron chi connectivity index (χ0n) is 16.6. The van der Waals surface area contributed by atoms with E-state index in [0.717, 1.165) is 5.56 Å². The molecule has 0 bridgehead atoms. The summed E-state index contributed by atoms with van der Waals surface area (Å²) in [7, 11) is 0. The number of phenolic OH excluding ortho intramolecular Hbond substituents is 1. The molecule has 3 rings (SSSR count). The fraction of sp³-hybridized carbons (Fsp3) is 0.130. The first-order chi connectivity index (χ1) is 15.0. The van der Waals surface area contributed by atoms with Gasteiger partial charge in [-0.15, -0.1) is 0 Å². The topological polar surface area (TPSA) is 134 Å². The summed E-state index contributed by atoms with van der Waals surface area (Å²) in [5.41, 5.74) is 8.61. The highest BCUT2D eigenvalue weighted by atomic mass is 16.6. The summed E-state index contributed by atoms with van der Waals surface area (Å²) in [4.78, 5) is 24.4. The predicted molar refractivity (Wildman–Crippen MR) is 117 cm³/mol. The van der Waals surface area contributed by atoms with Gasteiger partial charge in [0.1, 0.15) is 5.75 Å². The SMILES string of the molecule is Nc1ccccc1NC(=O)c1ccc(CNC(=O)O[C@H](CO)c2ccc(O)cc2)cc1. The maximum absolute atomic E-state index is 12.4. The number of nitrogens with two attached hydrogens (primary N) is 1. The maximum atomic E-state index is 12.4. The second-order valence-corrected chi connectivity index (χ2v) is 6.76. The van der Waals surface area contributed by atoms with Gasteiger partial charge < -0.3 is 31.3 Å². The predicted octanol–water partition coefficient (Wildman–Crippen LogP) is 3.19. The van der Waals surface area contributed by atoms with Crippen molar-refractivity contribution in [3.63, 3.8) is 0 Å². The summed E-state index contributed by atoms with van der Waals surface area (Å²) in [5, 5.41) is 24.2. The Hall–Kier alpha value is -4.04. The van der Waals surface area contributed by atoms with Gasteiger partial charge in [-0.1, -0.05) is 36.4 Å². The summed E-state index contributed by atoms with van der Waals surface area (Å²) in [5.74, 6) is -0.217. The third-order valence-electron chi connectivity index (χ3n) is 4.54. The summed E-state index contributed by atoms with van der Waals surface area (Å²) in [6, 6.07) is 19.7. The summed E-state index contributed by atoms with van der Waals surface area (Å²) >= 11 is 0. The van der Waals surface area contributed by atoms with Crippen LogP contribution in [0.2, 0.25) is 0 Å². The second-order valence-electron chi connectivity index (χ2n) is 6.76. The smallest absolute Gasteiger partial charge is 0.408 e. The van der Waals surface area contributed by atoms with Gasteiger partial charge >= 0.3 is 6.09 Å². The van der Waals surface area contributed by atoms with Crippen LogP contribution in [0.1, 0.15) is 27.6 Å². The number of alkyl carbamates (subject to hydrolysis) is 1. The molecule has 31 heavy (non-hydrogen) atoms. The van der Waals surface area contributed by atoms with E-state index in [-0.39, 0.29) is 18.2 Å². The lowest BCUT2D eigenvalue weighted by molar-refractivity contribution is 0.0568. The molecule has 8 nitrogen and oxygen atoms in total. The number of anilines is 2. The Morgan fingerprint density at radius 1 is 0.968 bits per heavy atom. The van der Waals surface area contributed by atoms with Crippen LogP contribution in [-0.2, 0) is 11.3 Å². The number of amides is 2. The number of hydrogen-bond donors (Lipinski definition) is 5. The lowest BCUT2D eigenvalue weighted by Crippen LogP contribution is -2.26. The molecule has 0 spiro atoms. The first-order valence-electron chi connectivity index (χ1n) is 9.55. The minimum absolute atomic E-state index is 0.0780. The zero-order chi connectivity index (χ0) is 22.2. The van der Waals surface area contributed by atoms with Gasteiger partial charge in [-0.2, -0.15) is 0 Å². The zero-order valence-corrected chi connectivity index (χ0v) is 16.6. The molecule has 0 fully saturated rings. The number of benzene rings is 3. The van der Waals surface area contributed by atoms with Crippen LogP contribution < -0.4 is 16.4 Å². The summed E-state index contributed by atoms with van der Waals surface area (Å²) < 4.78 is 5.23. The molecular weight excluding hydrogens is 398 g/mol. The van der Waals surface area contributed by atoms with E-state index in [1.165, 1.54) is 12.1 Å². The van der Waals surface area contributed by atoms with Crippen LogP contribution in [0.15, 0.2) is 72.8 Å². The number of phenols is 1. The van der Waals surface area contributed by atoms with Crippen LogP contribution in [0.5, 0.6) is 5.75 Å². The van der Waals surface area contributed by atoms with E-state index >= 15 is 0 Å². The first-order valence-corrected chi connectivity index (χ1v) is 9.55. The fourth-order valence-corrected chi connectivity index (χ4v) is 2.82. The number of aliphatic hydroxyl groups excluding tert-OH is 1.